The van der Waals surface area contributed by atoms with E-state index in [9.17, 15) is 4.79 Å². The number of morpholine rings is 1. The largest absolute Gasteiger partial charge is 0.378 e. The van der Waals surface area contributed by atoms with E-state index in [1.165, 1.54) is 5.56 Å². The second-order valence-corrected chi connectivity index (χ2v) is 6.24. The highest BCUT2D eigenvalue weighted by Gasteiger charge is 2.27. The van der Waals surface area contributed by atoms with Crippen molar-refractivity contribution in [1.29, 1.82) is 0 Å². The van der Waals surface area contributed by atoms with Gasteiger partial charge in [-0.2, -0.15) is 0 Å². The van der Waals surface area contributed by atoms with E-state index in [0.29, 0.717) is 26.3 Å². The van der Waals surface area contributed by atoms with E-state index >= 15 is 0 Å². The van der Waals surface area contributed by atoms with Gasteiger partial charge >= 0.3 is 0 Å². The summed E-state index contributed by atoms with van der Waals surface area (Å²) in [5.41, 5.74) is 4.30. The van der Waals surface area contributed by atoms with Gasteiger partial charge in [-0.05, 0) is 36.6 Å². The first-order chi connectivity index (χ1) is 11.6. The number of hydrogen-bond acceptors (Lipinski definition) is 3. The lowest BCUT2D eigenvalue weighted by Crippen LogP contribution is -2.44. The quantitative estimate of drug-likeness (QED) is 0.938. The van der Waals surface area contributed by atoms with E-state index in [0.717, 1.165) is 16.8 Å². The van der Waals surface area contributed by atoms with Crippen molar-refractivity contribution < 1.29 is 9.53 Å². The fourth-order valence-corrected chi connectivity index (χ4v) is 2.95. The third kappa shape index (κ3) is 3.77. The van der Waals surface area contributed by atoms with E-state index in [-0.39, 0.29) is 11.9 Å². The zero-order valence-electron chi connectivity index (χ0n) is 14.3. The lowest BCUT2D eigenvalue weighted by molar-refractivity contribution is -0.136. The maximum Gasteiger partial charge on any atom is 0.249 e. The first kappa shape index (κ1) is 16.5. The molecule has 126 valence electrons. The SMILES string of the molecule is Cc1ccc(C)c(N[C@@H](C(=O)N2CCOCC2)c2ccccc2)c1. The van der Waals surface area contributed by atoms with Crippen LogP contribution >= 0.6 is 0 Å². The Balaban J connectivity index is 1.90. The summed E-state index contributed by atoms with van der Waals surface area (Å²) >= 11 is 0. The molecule has 4 heteroatoms. The molecular formula is C20H24N2O2. The van der Waals surface area contributed by atoms with Crippen LogP contribution in [0.15, 0.2) is 48.5 Å². The van der Waals surface area contributed by atoms with Gasteiger partial charge in [-0.25, -0.2) is 0 Å². The van der Waals surface area contributed by atoms with E-state index in [4.69, 9.17) is 4.74 Å². The van der Waals surface area contributed by atoms with Crippen molar-refractivity contribution in [1.82, 2.24) is 4.90 Å². The van der Waals surface area contributed by atoms with Crippen LogP contribution < -0.4 is 5.32 Å². The molecule has 1 aliphatic heterocycles. The van der Waals surface area contributed by atoms with Crippen LogP contribution in [0.1, 0.15) is 22.7 Å². The minimum absolute atomic E-state index is 0.102. The van der Waals surface area contributed by atoms with E-state index in [1.807, 2.05) is 35.2 Å². The van der Waals surface area contributed by atoms with Crippen molar-refractivity contribution in [3.05, 3.63) is 65.2 Å². The number of carbonyl (C=O) groups is 1. The molecule has 0 aliphatic carbocycles. The van der Waals surface area contributed by atoms with Crippen molar-refractivity contribution >= 4 is 11.6 Å². The number of anilines is 1. The molecule has 4 nitrogen and oxygen atoms in total. The Bertz CT molecular complexity index is 694. The summed E-state index contributed by atoms with van der Waals surface area (Å²) in [6.07, 6.45) is 0. The van der Waals surface area contributed by atoms with E-state index in [1.54, 1.807) is 0 Å². The van der Waals surface area contributed by atoms with Crippen LogP contribution in [0.2, 0.25) is 0 Å². The zero-order valence-corrected chi connectivity index (χ0v) is 14.3. The summed E-state index contributed by atoms with van der Waals surface area (Å²) in [5, 5.41) is 3.47. The summed E-state index contributed by atoms with van der Waals surface area (Å²) < 4.78 is 5.37. The number of carbonyl (C=O) groups excluding carboxylic acids is 1. The number of rotatable bonds is 4. The molecular weight excluding hydrogens is 300 g/mol. The third-order valence-corrected chi connectivity index (χ3v) is 4.40. The van der Waals surface area contributed by atoms with Crippen LogP contribution in [-0.2, 0) is 9.53 Å². The number of nitrogens with one attached hydrogen (secondary N) is 1. The summed E-state index contributed by atoms with van der Waals surface area (Å²) in [6, 6.07) is 15.8. The van der Waals surface area contributed by atoms with Gasteiger partial charge in [-0.1, -0.05) is 42.5 Å². The summed E-state index contributed by atoms with van der Waals surface area (Å²) in [5.74, 6) is 0.102. The van der Waals surface area contributed by atoms with E-state index < -0.39 is 0 Å². The van der Waals surface area contributed by atoms with Gasteiger partial charge in [0.15, 0.2) is 0 Å². The average molecular weight is 324 g/mol. The molecule has 1 N–H and O–H groups in total. The topological polar surface area (TPSA) is 41.6 Å². The number of ether oxygens (including phenoxy) is 1. The molecule has 0 unspecified atom stereocenters. The fraction of sp³-hybridized carbons (Fsp3) is 0.350. The fourth-order valence-electron chi connectivity index (χ4n) is 2.95. The van der Waals surface area contributed by atoms with Gasteiger partial charge in [0.25, 0.3) is 0 Å². The number of benzene rings is 2. The molecule has 1 amide bonds. The number of nitrogens with zero attached hydrogens (tertiary/aromatic N) is 1. The van der Waals surface area contributed by atoms with Crippen LogP contribution in [0.3, 0.4) is 0 Å². The predicted molar refractivity (Wildman–Crippen MR) is 96.1 cm³/mol. The molecule has 0 aromatic heterocycles. The van der Waals surface area contributed by atoms with Gasteiger partial charge < -0.3 is 15.0 Å². The molecule has 24 heavy (non-hydrogen) atoms. The Hall–Kier alpha value is -2.33. The van der Waals surface area contributed by atoms with Crippen molar-refractivity contribution in [2.75, 3.05) is 31.6 Å². The second kappa shape index (κ2) is 7.49. The number of amides is 1. The van der Waals surface area contributed by atoms with Crippen LogP contribution in [0.4, 0.5) is 5.69 Å². The molecule has 1 heterocycles. The van der Waals surface area contributed by atoms with Gasteiger partial charge in [0.05, 0.1) is 13.2 Å². The average Bonchev–Trinajstić information content (AvgIpc) is 2.63. The van der Waals surface area contributed by atoms with Gasteiger partial charge in [0.2, 0.25) is 5.91 Å². The van der Waals surface area contributed by atoms with Gasteiger partial charge in [-0.15, -0.1) is 0 Å². The van der Waals surface area contributed by atoms with Crippen molar-refractivity contribution in [2.45, 2.75) is 19.9 Å². The summed E-state index contributed by atoms with van der Waals surface area (Å²) in [7, 11) is 0. The van der Waals surface area contributed by atoms with Crippen molar-refractivity contribution in [2.24, 2.45) is 0 Å². The Morgan fingerprint density at radius 3 is 2.50 bits per heavy atom. The maximum absolute atomic E-state index is 13.1. The summed E-state index contributed by atoms with van der Waals surface area (Å²) in [6.45, 7) is 6.63. The molecule has 0 radical (unpaired) electrons. The minimum atomic E-state index is -0.384. The number of hydrogen-bond donors (Lipinski definition) is 1. The highest BCUT2D eigenvalue weighted by molar-refractivity contribution is 5.86. The van der Waals surface area contributed by atoms with Gasteiger partial charge in [0.1, 0.15) is 6.04 Å². The number of aryl methyl sites for hydroxylation is 2. The maximum atomic E-state index is 13.1. The van der Waals surface area contributed by atoms with Crippen LogP contribution in [0.5, 0.6) is 0 Å². The normalized spacial score (nSPS) is 15.8. The van der Waals surface area contributed by atoms with E-state index in [2.05, 4.69) is 37.4 Å². The molecule has 0 spiro atoms. The van der Waals surface area contributed by atoms with Crippen molar-refractivity contribution in [3.8, 4) is 0 Å². The lowest BCUT2D eigenvalue weighted by Gasteiger charge is -2.31. The van der Waals surface area contributed by atoms with Gasteiger partial charge in [0, 0.05) is 18.8 Å². The van der Waals surface area contributed by atoms with Gasteiger partial charge in [-0.3, -0.25) is 4.79 Å². The van der Waals surface area contributed by atoms with Crippen LogP contribution in [0, 0.1) is 13.8 Å². The first-order valence-corrected chi connectivity index (χ1v) is 8.40. The third-order valence-electron chi connectivity index (χ3n) is 4.40. The Kier molecular flexibility index (Phi) is 5.16. The molecule has 1 atom stereocenters. The second-order valence-electron chi connectivity index (χ2n) is 6.24. The van der Waals surface area contributed by atoms with Crippen molar-refractivity contribution in [3.63, 3.8) is 0 Å². The molecule has 1 aliphatic rings. The van der Waals surface area contributed by atoms with Crippen LogP contribution in [0.25, 0.3) is 0 Å². The highest BCUT2D eigenvalue weighted by atomic mass is 16.5. The lowest BCUT2D eigenvalue weighted by atomic mass is 10.0. The summed E-state index contributed by atoms with van der Waals surface area (Å²) in [4.78, 5) is 15.0. The minimum Gasteiger partial charge on any atom is -0.378 e. The Morgan fingerprint density at radius 2 is 1.79 bits per heavy atom. The molecule has 1 saturated heterocycles. The highest BCUT2D eigenvalue weighted by Crippen LogP contribution is 2.25. The standard InChI is InChI=1S/C20H24N2O2/c1-15-8-9-16(2)18(14-15)21-19(17-6-4-3-5-7-17)20(23)22-10-12-24-13-11-22/h3-9,14,19,21H,10-13H2,1-2H3/t19-/m1/s1. The molecule has 0 bridgehead atoms. The zero-order chi connectivity index (χ0) is 16.9. The smallest absolute Gasteiger partial charge is 0.249 e. The Morgan fingerprint density at radius 1 is 1.08 bits per heavy atom. The molecule has 2 aromatic carbocycles. The Labute approximate surface area is 143 Å². The van der Waals surface area contributed by atoms with Crippen LogP contribution in [-0.4, -0.2) is 37.1 Å². The molecule has 3 rings (SSSR count). The molecule has 1 fully saturated rings. The first-order valence-electron chi connectivity index (χ1n) is 8.40. The monoisotopic (exact) mass is 324 g/mol. The predicted octanol–water partition coefficient (Wildman–Crippen LogP) is 3.32. The molecule has 2 aromatic rings. The molecule has 0 saturated carbocycles.